The number of carbonyl (C=O) groups excluding carboxylic acids is 1. The van der Waals surface area contributed by atoms with Crippen molar-refractivity contribution in [1.82, 2.24) is 9.55 Å². The SMILES string of the molecule is C[C@@H](C(=O)Nc1c(-c2ccccc2)ncn1C)[C@H]1OCCc2sccc21. The second-order valence-corrected chi connectivity index (χ2v) is 7.54. The minimum absolute atomic E-state index is 0.0603. The van der Waals surface area contributed by atoms with Crippen LogP contribution in [0.15, 0.2) is 48.1 Å². The Balaban J connectivity index is 1.57. The number of aryl methyl sites for hydroxylation is 1. The van der Waals surface area contributed by atoms with Crippen LogP contribution in [0.2, 0.25) is 0 Å². The molecule has 134 valence electrons. The zero-order valence-electron chi connectivity index (χ0n) is 14.8. The topological polar surface area (TPSA) is 56.2 Å². The molecule has 3 heterocycles. The van der Waals surface area contributed by atoms with E-state index in [1.54, 1.807) is 17.7 Å². The molecule has 2 atom stereocenters. The summed E-state index contributed by atoms with van der Waals surface area (Å²) in [7, 11) is 1.88. The molecule has 0 aliphatic carbocycles. The molecule has 0 fully saturated rings. The van der Waals surface area contributed by atoms with E-state index >= 15 is 0 Å². The van der Waals surface area contributed by atoms with Crippen molar-refractivity contribution >= 4 is 23.1 Å². The number of nitrogens with one attached hydrogen (secondary N) is 1. The molecule has 26 heavy (non-hydrogen) atoms. The molecule has 1 aliphatic heterocycles. The van der Waals surface area contributed by atoms with Crippen LogP contribution in [-0.4, -0.2) is 22.1 Å². The van der Waals surface area contributed by atoms with E-state index in [0.717, 1.165) is 23.2 Å². The zero-order valence-corrected chi connectivity index (χ0v) is 15.6. The molecule has 1 aromatic carbocycles. The van der Waals surface area contributed by atoms with Crippen molar-refractivity contribution in [2.75, 3.05) is 11.9 Å². The summed E-state index contributed by atoms with van der Waals surface area (Å²) in [5.74, 6) is 0.353. The first-order valence-electron chi connectivity index (χ1n) is 8.70. The molecule has 0 bridgehead atoms. The molecule has 0 unspecified atom stereocenters. The Morgan fingerprint density at radius 1 is 1.35 bits per heavy atom. The predicted octanol–water partition coefficient (Wildman–Crippen LogP) is 4.04. The average molecular weight is 367 g/mol. The van der Waals surface area contributed by atoms with Gasteiger partial charge in [0.15, 0.2) is 0 Å². The van der Waals surface area contributed by atoms with Gasteiger partial charge in [-0.3, -0.25) is 4.79 Å². The van der Waals surface area contributed by atoms with Crippen LogP contribution in [0.4, 0.5) is 5.82 Å². The van der Waals surface area contributed by atoms with Crippen molar-refractivity contribution in [2.45, 2.75) is 19.4 Å². The molecule has 1 amide bonds. The number of benzene rings is 1. The number of carbonyl (C=O) groups is 1. The number of nitrogens with zero attached hydrogens (tertiary/aromatic N) is 2. The van der Waals surface area contributed by atoms with Crippen LogP contribution in [0.3, 0.4) is 0 Å². The fraction of sp³-hybridized carbons (Fsp3) is 0.300. The molecule has 0 radical (unpaired) electrons. The van der Waals surface area contributed by atoms with Crippen LogP contribution < -0.4 is 5.32 Å². The Bertz CT molecular complexity index is 916. The van der Waals surface area contributed by atoms with Gasteiger partial charge in [0.1, 0.15) is 11.5 Å². The van der Waals surface area contributed by atoms with Gasteiger partial charge in [0, 0.05) is 23.9 Å². The minimum Gasteiger partial charge on any atom is -0.372 e. The average Bonchev–Trinajstić information content (AvgIpc) is 3.29. The van der Waals surface area contributed by atoms with Crippen molar-refractivity contribution < 1.29 is 9.53 Å². The van der Waals surface area contributed by atoms with E-state index in [0.29, 0.717) is 12.4 Å². The molecular weight excluding hydrogens is 346 g/mol. The van der Waals surface area contributed by atoms with Crippen LogP contribution in [-0.2, 0) is 23.0 Å². The number of thiophene rings is 1. The lowest BCUT2D eigenvalue weighted by molar-refractivity contribution is -0.125. The monoisotopic (exact) mass is 367 g/mol. The lowest BCUT2D eigenvalue weighted by atomic mass is 9.94. The Morgan fingerprint density at radius 3 is 2.96 bits per heavy atom. The first-order valence-corrected chi connectivity index (χ1v) is 9.58. The minimum atomic E-state index is -0.290. The second-order valence-electron chi connectivity index (χ2n) is 6.54. The van der Waals surface area contributed by atoms with Gasteiger partial charge in [-0.25, -0.2) is 4.98 Å². The fourth-order valence-electron chi connectivity index (χ4n) is 3.34. The summed E-state index contributed by atoms with van der Waals surface area (Å²) in [6.07, 6.45) is 2.45. The van der Waals surface area contributed by atoms with Crippen molar-refractivity contribution in [3.8, 4) is 11.3 Å². The van der Waals surface area contributed by atoms with Gasteiger partial charge in [-0.1, -0.05) is 37.3 Å². The van der Waals surface area contributed by atoms with Gasteiger partial charge in [-0.15, -0.1) is 11.3 Å². The lowest BCUT2D eigenvalue weighted by Crippen LogP contribution is -2.30. The molecular formula is C20H21N3O2S. The second kappa shape index (κ2) is 7.05. The van der Waals surface area contributed by atoms with E-state index in [2.05, 4.69) is 21.7 Å². The van der Waals surface area contributed by atoms with E-state index in [-0.39, 0.29) is 17.9 Å². The highest BCUT2D eigenvalue weighted by Gasteiger charge is 2.32. The zero-order chi connectivity index (χ0) is 18.1. The third-order valence-electron chi connectivity index (χ3n) is 4.81. The molecule has 1 N–H and O–H groups in total. The molecule has 5 nitrogen and oxygen atoms in total. The molecule has 0 saturated heterocycles. The number of fused-ring (bicyclic) bond motifs is 1. The molecule has 1 aliphatic rings. The van der Waals surface area contributed by atoms with E-state index in [4.69, 9.17) is 4.74 Å². The van der Waals surface area contributed by atoms with Gasteiger partial charge in [0.05, 0.1) is 25.0 Å². The van der Waals surface area contributed by atoms with Gasteiger partial charge in [0.25, 0.3) is 0 Å². The molecule has 6 heteroatoms. The lowest BCUT2D eigenvalue weighted by Gasteiger charge is -2.28. The highest BCUT2D eigenvalue weighted by molar-refractivity contribution is 7.10. The van der Waals surface area contributed by atoms with Crippen LogP contribution in [0, 0.1) is 5.92 Å². The smallest absolute Gasteiger partial charge is 0.231 e. The summed E-state index contributed by atoms with van der Waals surface area (Å²) < 4.78 is 7.77. The van der Waals surface area contributed by atoms with Gasteiger partial charge >= 0.3 is 0 Å². The summed E-state index contributed by atoms with van der Waals surface area (Å²) in [6, 6.07) is 11.9. The largest absolute Gasteiger partial charge is 0.372 e. The number of hydrogen-bond donors (Lipinski definition) is 1. The predicted molar refractivity (Wildman–Crippen MR) is 103 cm³/mol. The standard InChI is InChI=1S/C20H21N3O2S/c1-13(18-15-9-11-26-16(15)8-10-25-18)20(24)22-19-17(21-12-23(19)2)14-6-4-3-5-7-14/h3-7,9,11-13,18H,8,10H2,1-2H3,(H,22,24)/t13-,18-/m1/s1. The fourth-order valence-corrected chi connectivity index (χ4v) is 4.24. The van der Waals surface area contributed by atoms with Gasteiger partial charge in [-0.2, -0.15) is 0 Å². The van der Waals surface area contributed by atoms with Crippen molar-refractivity contribution in [2.24, 2.45) is 13.0 Å². The number of rotatable bonds is 4. The van der Waals surface area contributed by atoms with Gasteiger partial charge < -0.3 is 14.6 Å². The van der Waals surface area contributed by atoms with Crippen molar-refractivity contribution in [1.29, 1.82) is 0 Å². The Labute approximate surface area is 156 Å². The Kier molecular flexibility index (Phi) is 4.61. The number of aromatic nitrogens is 2. The van der Waals surface area contributed by atoms with E-state index < -0.39 is 0 Å². The Hall–Kier alpha value is -2.44. The first kappa shape index (κ1) is 17.0. The molecule has 0 saturated carbocycles. The molecule has 4 rings (SSSR count). The normalized spacial score (nSPS) is 17.5. The first-order chi connectivity index (χ1) is 12.6. The maximum absolute atomic E-state index is 12.9. The summed E-state index contributed by atoms with van der Waals surface area (Å²) in [5, 5.41) is 5.14. The van der Waals surface area contributed by atoms with Crippen LogP contribution in [0.5, 0.6) is 0 Å². The number of imidazole rings is 1. The van der Waals surface area contributed by atoms with E-state index in [1.807, 2.05) is 48.9 Å². The molecule has 3 aromatic rings. The molecule has 0 spiro atoms. The van der Waals surface area contributed by atoms with E-state index in [1.165, 1.54) is 4.88 Å². The molecule has 2 aromatic heterocycles. The quantitative estimate of drug-likeness (QED) is 0.757. The van der Waals surface area contributed by atoms with Crippen molar-refractivity contribution in [3.05, 3.63) is 58.5 Å². The highest BCUT2D eigenvalue weighted by Crippen LogP contribution is 2.36. The number of amides is 1. The summed E-state index contributed by atoms with van der Waals surface area (Å²) in [6.45, 7) is 2.59. The van der Waals surface area contributed by atoms with Crippen LogP contribution in [0.1, 0.15) is 23.5 Å². The summed E-state index contributed by atoms with van der Waals surface area (Å²) in [4.78, 5) is 18.7. The van der Waals surface area contributed by atoms with Crippen LogP contribution in [0.25, 0.3) is 11.3 Å². The Morgan fingerprint density at radius 2 is 2.15 bits per heavy atom. The van der Waals surface area contributed by atoms with Crippen LogP contribution >= 0.6 is 11.3 Å². The third-order valence-corrected chi connectivity index (χ3v) is 5.80. The maximum atomic E-state index is 12.9. The number of ether oxygens (including phenoxy) is 1. The maximum Gasteiger partial charge on any atom is 0.231 e. The summed E-state index contributed by atoms with van der Waals surface area (Å²) >= 11 is 1.74. The third kappa shape index (κ3) is 3.06. The highest BCUT2D eigenvalue weighted by atomic mass is 32.1. The number of anilines is 1. The van der Waals surface area contributed by atoms with Gasteiger partial charge in [-0.05, 0) is 17.0 Å². The van der Waals surface area contributed by atoms with Gasteiger partial charge in [0.2, 0.25) is 5.91 Å². The summed E-state index contributed by atoms with van der Waals surface area (Å²) in [5.41, 5.74) is 2.90. The van der Waals surface area contributed by atoms with Crippen molar-refractivity contribution in [3.63, 3.8) is 0 Å². The van der Waals surface area contributed by atoms with E-state index in [9.17, 15) is 4.79 Å². The number of hydrogen-bond acceptors (Lipinski definition) is 4.